The highest BCUT2D eigenvalue weighted by molar-refractivity contribution is 8.00. The number of allylic oxidation sites excluding steroid dienone is 1. The van der Waals surface area contributed by atoms with Gasteiger partial charge in [0.15, 0.2) is 60.9 Å². The largest absolute Gasteiger partial charge is 0.762 e. The number of fused-ring (bicyclic) bond motifs is 4. The second kappa shape index (κ2) is 56.6. The molecule has 8 aromatic rings. The summed E-state index contributed by atoms with van der Waals surface area (Å²) >= 11 is 29.3. The molecule has 0 amide bonds. The Kier molecular flexibility index (Phi) is 48.9. The van der Waals surface area contributed by atoms with E-state index in [4.69, 9.17) is 104 Å². The molecule has 694 valence electrons. The standard InChI is InChI=1S/2C21H21ClF2O3S.C18H15ClF2O3S.C16H11ClF2O2S.C6H16OSi.C6H14Si.C4H10O.BF3/c2*1-2-3-18(26-11-10-25)15-12-27-20-17(24)9-8-16(23)19(20)21(15)28-14-6-4-13(22)5-7-14;19-10-1-3-11(4-2-10)25-17-12(18-22-7-8-23-18)9-24-16-14(21)6-5-13(20)15(16)17;17-10-1-3-11(4-2-10)22-16-9(7-20)8-21-15-13(19)6-5-12(18)14(15)16;1-5-6-7-8(2,3)4;1-5-6-7(2,3)4;1-3-5-4-2;2-1(3)4/h2*2,4-9,15,18,21,25H,1,3,10-12H2;1-6,12,17-18H,7-9H2;1-7,9,16H,8H2;5-6H2,1-4H3;5H,1,6H2,2-4H3;3-4H2,1-2H3;/t15-,18+,21-;15-,18-,21-;12-,17+;9-,16+;;;;/m0011..../s1. The molecule has 2 N–H and O–H groups in total. The summed E-state index contributed by atoms with van der Waals surface area (Å²) in [6, 6.07) is 38.5. The molecule has 35 heteroatoms. The van der Waals surface area contributed by atoms with Gasteiger partial charge in [-0.3, -0.25) is 12.9 Å². The Balaban J connectivity index is 0.000000240. The minimum atomic E-state index is -3.67. The number of aliphatic hydroxyl groups is 2. The molecule has 5 heterocycles. The summed E-state index contributed by atoms with van der Waals surface area (Å²) in [4.78, 5) is 14.7. The van der Waals surface area contributed by atoms with Gasteiger partial charge in [0.1, 0.15) is 29.6 Å². The maximum absolute atomic E-state index is 14.8. The number of ether oxygens (including phenoxy) is 9. The van der Waals surface area contributed by atoms with Gasteiger partial charge in [-0.2, -0.15) is 0 Å². The van der Waals surface area contributed by atoms with Crippen LogP contribution in [0, 0.1) is 70.2 Å². The van der Waals surface area contributed by atoms with Crippen LogP contribution in [0.15, 0.2) is 203 Å². The third kappa shape index (κ3) is 35.7. The third-order valence-corrected chi connectivity index (χ3v) is 27.9. The number of carbonyl (C=O) groups excluding carboxylic acids is 1. The number of thioether (sulfide) groups is 4. The van der Waals surface area contributed by atoms with Gasteiger partial charge in [0.2, 0.25) is 0 Å². The van der Waals surface area contributed by atoms with E-state index in [1.807, 2.05) is 56.3 Å². The molecular formula is C92H108BCl4F11O13S4Si2. The number of hydrogen-bond donors (Lipinski definition) is 2. The predicted molar refractivity (Wildman–Crippen MR) is 496 cm³/mol. The number of hydrogen-bond acceptors (Lipinski definition) is 17. The Morgan fingerprint density at radius 3 is 1.03 bits per heavy atom. The van der Waals surface area contributed by atoms with Crippen molar-refractivity contribution in [2.75, 3.05) is 85.9 Å². The zero-order valence-corrected chi connectivity index (χ0v) is 80.2. The van der Waals surface area contributed by atoms with Crippen molar-refractivity contribution in [3.8, 4) is 23.0 Å². The van der Waals surface area contributed by atoms with Crippen molar-refractivity contribution in [2.24, 2.45) is 23.7 Å². The van der Waals surface area contributed by atoms with Crippen LogP contribution in [0.1, 0.15) is 83.3 Å². The molecule has 0 spiro atoms. The average molecular weight is 1970 g/mol. The number of halogens is 15. The molecule has 13 rings (SSSR count). The zero-order chi connectivity index (χ0) is 93.5. The third-order valence-electron chi connectivity index (χ3n) is 18.7. The van der Waals surface area contributed by atoms with Gasteiger partial charge < -0.3 is 62.1 Å². The molecule has 0 saturated carbocycles. The molecule has 8 aromatic carbocycles. The van der Waals surface area contributed by atoms with Crippen molar-refractivity contribution >= 4 is 124 Å². The number of aliphatic hydroxyl groups excluding tert-OH is 2. The van der Waals surface area contributed by atoms with Crippen LogP contribution in [0.2, 0.25) is 65.4 Å². The molecule has 127 heavy (non-hydrogen) atoms. The number of benzene rings is 8. The molecule has 13 nitrogen and oxygen atoms in total. The average Bonchev–Trinajstić information content (AvgIpc) is 0.843. The van der Waals surface area contributed by atoms with Crippen molar-refractivity contribution in [3.63, 3.8) is 0 Å². The molecule has 1 fully saturated rings. The lowest BCUT2D eigenvalue weighted by atomic mass is 9.89. The first-order chi connectivity index (χ1) is 60.6. The molecule has 0 radical (unpaired) electrons. The van der Waals surface area contributed by atoms with Gasteiger partial charge in [-0.1, -0.05) is 91.2 Å². The van der Waals surface area contributed by atoms with Gasteiger partial charge in [-0.25, -0.2) is 35.1 Å². The van der Waals surface area contributed by atoms with Crippen LogP contribution < -0.4 is 18.9 Å². The van der Waals surface area contributed by atoms with Crippen molar-refractivity contribution in [3.05, 3.63) is 272 Å². The lowest BCUT2D eigenvalue weighted by Crippen LogP contribution is -2.37. The topological polar surface area (TPSA) is 150 Å². The van der Waals surface area contributed by atoms with Crippen LogP contribution in [0.4, 0.5) is 48.1 Å². The van der Waals surface area contributed by atoms with E-state index in [-0.39, 0.29) is 128 Å². The van der Waals surface area contributed by atoms with E-state index in [2.05, 4.69) is 65.9 Å². The van der Waals surface area contributed by atoms with Crippen LogP contribution in [0.3, 0.4) is 0 Å². The molecule has 0 bridgehead atoms. The van der Waals surface area contributed by atoms with Gasteiger partial charge in [-0.15, -0.1) is 66.8 Å². The quantitative estimate of drug-likeness (QED) is 0.0198. The second-order valence-corrected chi connectivity index (χ2v) is 47.2. The number of aldehydes is 1. The van der Waals surface area contributed by atoms with Crippen LogP contribution in [0.25, 0.3) is 0 Å². The summed E-state index contributed by atoms with van der Waals surface area (Å²) in [6.07, 6.45) is 7.09. The van der Waals surface area contributed by atoms with E-state index in [9.17, 15) is 52.9 Å². The highest BCUT2D eigenvalue weighted by Crippen LogP contribution is 2.55. The molecule has 1 saturated heterocycles. The molecule has 10 atom stereocenters. The fraction of sp³-hybridized carbons (Fsp3) is 0.402. The number of rotatable bonds is 29. The van der Waals surface area contributed by atoms with Crippen LogP contribution in [0.5, 0.6) is 23.0 Å². The van der Waals surface area contributed by atoms with Gasteiger partial charge >= 0.3 is 7.54 Å². The molecule has 0 unspecified atom stereocenters. The molecule has 0 aliphatic carbocycles. The van der Waals surface area contributed by atoms with E-state index in [1.54, 1.807) is 72.8 Å². The molecule has 5 aliphatic rings. The predicted octanol–water partition coefficient (Wildman–Crippen LogP) is 27.0. The fourth-order valence-corrected chi connectivity index (χ4v) is 20.5. The minimum absolute atomic E-state index is 0.0271. The van der Waals surface area contributed by atoms with Gasteiger partial charge in [0.05, 0.1) is 101 Å². The lowest BCUT2D eigenvalue weighted by molar-refractivity contribution is -0.112. The lowest BCUT2D eigenvalue weighted by Gasteiger charge is -2.37. The highest BCUT2D eigenvalue weighted by Gasteiger charge is 2.45. The highest BCUT2D eigenvalue weighted by atomic mass is 35.5. The molecule has 0 aromatic heterocycles. The second-order valence-electron chi connectivity index (χ2n) is 30.6. The van der Waals surface area contributed by atoms with E-state index in [0.29, 0.717) is 46.1 Å². The Bertz CT molecular complexity index is 4520. The Morgan fingerprint density at radius 1 is 0.449 bits per heavy atom. The first-order valence-corrected chi connectivity index (χ1v) is 53.0. The van der Waals surface area contributed by atoms with Gasteiger partial charge in [0.25, 0.3) is 0 Å². The monoisotopic (exact) mass is 1960 g/mol. The maximum atomic E-state index is 14.8. The Morgan fingerprint density at radius 2 is 0.756 bits per heavy atom. The van der Waals surface area contributed by atoms with E-state index in [0.717, 1.165) is 101 Å². The Hall–Kier alpha value is -6.18. The van der Waals surface area contributed by atoms with Crippen LogP contribution in [-0.4, -0.2) is 145 Å². The summed E-state index contributed by atoms with van der Waals surface area (Å²) < 4.78 is 199. The maximum Gasteiger partial charge on any atom is 0.762 e. The summed E-state index contributed by atoms with van der Waals surface area (Å²) in [6.45, 7) is 35.2. The molecule has 5 aliphatic heterocycles. The summed E-state index contributed by atoms with van der Waals surface area (Å²) in [7, 11) is -5.62. The summed E-state index contributed by atoms with van der Waals surface area (Å²) in [5, 5.41) is 18.9. The summed E-state index contributed by atoms with van der Waals surface area (Å²) in [5.41, 5.74) is 0.703. The van der Waals surface area contributed by atoms with Crippen molar-refractivity contribution in [1.29, 1.82) is 0 Å². The van der Waals surface area contributed by atoms with Crippen LogP contribution in [-0.2, 0) is 32.9 Å². The molecular weight excluding hydrogens is 1860 g/mol. The van der Waals surface area contributed by atoms with Crippen LogP contribution >= 0.6 is 93.5 Å². The van der Waals surface area contributed by atoms with Gasteiger partial charge in [0, 0.05) is 112 Å². The van der Waals surface area contributed by atoms with Crippen molar-refractivity contribution in [1.82, 2.24) is 0 Å². The van der Waals surface area contributed by atoms with Crippen molar-refractivity contribution < 1.29 is 110 Å². The minimum Gasteiger partial charge on any atom is -0.490 e. The van der Waals surface area contributed by atoms with E-state index < -0.39 is 104 Å². The van der Waals surface area contributed by atoms with Gasteiger partial charge in [-0.05, 0) is 204 Å². The SMILES string of the molecule is C=CC[C@@H](OCCO)[C@@H]1COc2c(F)ccc(F)c2[C@H]1Sc1ccc(Cl)cc1.C=CC[C@H](OCCO)[C@@H]1COc2c(F)ccc(F)c2[C@H]1Sc1ccc(Cl)cc1.C=CC[Si](C)(C)C.CCCO[Si](C)(C)C.CCOCC.FB(F)F.Fc1ccc(F)c2c1OC[C@@H](C1OCCO1)[C@@H]2Sc1ccc(Cl)cc1.O=C[C@@H]1COc2c(F)ccc(F)c2[C@H]1Sc1ccc(Cl)cc1. The normalized spacial score (nSPS) is 18.6. The Labute approximate surface area is 777 Å². The first kappa shape index (κ1) is 110. The first-order valence-electron chi connectivity index (χ1n) is 40.8. The summed E-state index contributed by atoms with van der Waals surface area (Å²) in [5.74, 6) is -6.07. The fourth-order valence-electron chi connectivity index (χ4n) is 13.1. The van der Waals surface area contributed by atoms with Crippen molar-refractivity contribution in [2.45, 2.75) is 144 Å². The smallest absolute Gasteiger partial charge is 0.490 e. The number of carbonyl (C=O) groups is 1. The zero-order valence-electron chi connectivity index (χ0n) is 71.9. The van der Waals surface area contributed by atoms with E-state index >= 15 is 0 Å². The van der Waals surface area contributed by atoms with E-state index in [1.165, 1.54) is 53.1 Å².